The molecule has 0 aromatic heterocycles. The van der Waals surface area contributed by atoms with Gasteiger partial charge in [0.25, 0.3) is 0 Å². The summed E-state index contributed by atoms with van der Waals surface area (Å²) in [6.45, 7) is 2.88. The third-order valence-corrected chi connectivity index (χ3v) is 5.96. The maximum atomic E-state index is 12.5. The zero-order chi connectivity index (χ0) is 18.9. The number of unbranched alkanes of at least 4 members (excludes halogenated alkanes) is 1. The summed E-state index contributed by atoms with van der Waals surface area (Å²) in [5, 5.41) is 7.55. The first kappa shape index (κ1) is 20.7. The summed E-state index contributed by atoms with van der Waals surface area (Å²) in [4.78, 5) is 39.2. The number of rotatable bonds is 8. The normalized spacial score (nSPS) is 20.8. The number of nitrogens with zero attached hydrogens (tertiary/aromatic N) is 2. The molecule has 26 heavy (non-hydrogen) atoms. The number of carbonyl (C=O) groups excluding carboxylic acids is 3. The van der Waals surface area contributed by atoms with E-state index in [-0.39, 0.29) is 11.8 Å². The molecule has 1 aliphatic carbocycles. The molecule has 7 nitrogen and oxygen atoms in total. The first-order chi connectivity index (χ1) is 12.5. The fraction of sp³-hybridized carbons (Fsp3) is 0.778. The van der Waals surface area contributed by atoms with Crippen molar-refractivity contribution in [2.45, 2.75) is 64.3 Å². The minimum atomic E-state index is -0.765. The minimum Gasteiger partial charge on any atom is -0.352 e. The van der Waals surface area contributed by atoms with Gasteiger partial charge in [-0.3, -0.25) is 14.4 Å². The molecule has 1 heterocycles. The standard InChI is InChI=1S/C18H30N4O3S/c1-3-4-10-14(19-16(24)13-8-6-5-7-9-13)15(23)17(25)20-21-18-22(2)11-12-26-18/h13-14H,3-12H2,1-2H3,(H,19,24)(H,20,25)/t14-/m1/s1. The molecule has 8 heteroatoms. The highest BCUT2D eigenvalue weighted by molar-refractivity contribution is 8.14. The Morgan fingerprint density at radius 3 is 2.62 bits per heavy atom. The van der Waals surface area contributed by atoms with Gasteiger partial charge in [-0.1, -0.05) is 50.8 Å². The van der Waals surface area contributed by atoms with Gasteiger partial charge in [0.15, 0.2) is 5.17 Å². The highest BCUT2D eigenvalue weighted by atomic mass is 32.2. The number of hydrogen-bond acceptors (Lipinski definition) is 5. The van der Waals surface area contributed by atoms with Crippen LogP contribution >= 0.6 is 11.8 Å². The molecular weight excluding hydrogens is 352 g/mol. The number of amides is 2. The van der Waals surface area contributed by atoms with Crippen LogP contribution in [0.5, 0.6) is 0 Å². The Morgan fingerprint density at radius 1 is 1.27 bits per heavy atom. The number of carbonyl (C=O) groups is 3. The fourth-order valence-electron chi connectivity index (χ4n) is 3.24. The third-order valence-electron chi connectivity index (χ3n) is 4.92. The molecule has 146 valence electrons. The van der Waals surface area contributed by atoms with E-state index < -0.39 is 17.7 Å². The average Bonchev–Trinajstić information content (AvgIpc) is 3.08. The largest absolute Gasteiger partial charge is 0.352 e. The monoisotopic (exact) mass is 382 g/mol. The van der Waals surface area contributed by atoms with Gasteiger partial charge in [-0.25, -0.2) is 5.43 Å². The van der Waals surface area contributed by atoms with Crippen molar-refractivity contribution in [2.75, 3.05) is 19.3 Å². The Kier molecular flexibility index (Phi) is 8.41. The summed E-state index contributed by atoms with van der Waals surface area (Å²) in [6, 6.07) is -0.765. The lowest BCUT2D eigenvalue weighted by Crippen LogP contribution is -2.48. The lowest BCUT2D eigenvalue weighted by molar-refractivity contribution is -0.140. The highest BCUT2D eigenvalue weighted by Gasteiger charge is 2.30. The van der Waals surface area contributed by atoms with Crippen molar-refractivity contribution in [2.24, 2.45) is 11.0 Å². The van der Waals surface area contributed by atoms with Crippen molar-refractivity contribution in [1.29, 1.82) is 0 Å². The summed E-state index contributed by atoms with van der Waals surface area (Å²) in [6.07, 6.45) is 7.15. The molecule has 1 saturated carbocycles. The van der Waals surface area contributed by atoms with E-state index in [1.165, 1.54) is 11.8 Å². The maximum absolute atomic E-state index is 12.5. The van der Waals surface area contributed by atoms with E-state index in [2.05, 4.69) is 15.8 Å². The van der Waals surface area contributed by atoms with Crippen molar-refractivity contribution in [3.63, 3.8) is 0 Å². The molecule has 0 aromatic rings. The van der Waals surface area contributed by atoms with Gasteiger partial charge in [0.2, 0.25) is 11.7 Å². The van der Waals surface area contributed by atoms with E-state index in [0.717, 1.165) is 57.2 Å². The van der Waals surface area contributed by atoms with Crippen LogP contribution in [0.15, 0.2) is 5.10 Å². The van der Waals surface area contributed by atoms with Crippen LogP contribution in [0.1, 0.15) is 58.3 Å². The van der Waals surface area contributed by atoms with Crippen LogP contribution in [0.2, 0.25) is 0 Å². The van der Waals surface area contributed by atoms with Gasteiger partial charge in [-0.05, 0) is 19.3 Å². The predicted octanol–water partition coefficient (Wildman–Crippen LogP) is 1.88. The van der Waals surface area contributed by atoms with Crippen LogP contribution in [-0.2, 0) is 14.4 Å². The van der Waals surface area contributed by atoms with Gasteiger partial charge in [-0.2, -0.15) is 0 Å². The van der Waals surface area contributed by atoms with Crippen molar-refractivity contribution < 1.29 is 14.4 Å². The number of hydrogen-bond donors (Lipinski definition) is 2. The topological polar surface area (TPSA) is 90.9 Å². The van der Waals surface area contributed by atoms with E-state index in [0.29, 0.717) is 11.6 Å². The maximum Gasteiger partial charge on any atom is 0.309 e. The van der Waals surface area contributed by atoms with Gasteiger partial charge in [0.05, 0.1) is 6.04 Å². The fourth-order valence-corrected chi connectivity index (χ4v) is 4.21. The zero-order valence-electron chi connectivity index (χ0n) is 15.8. The Morgan fingerprint density at radius 2 is 2.00 bits per heavy atom. The number of ketones is 1. The van der Waals surface area contributed by atoms with Gasteiger partial charge < -0.3 is 10.2 Å². The summed E-state index contributed by atoms with van der Waals surface area (Å²) in [5.74, 6) is -0.590. The predicted molar refractivity (Wildman–Crippen MR) is 104 cm³/mol. The molecule has 2 rings (SSSR count). The summed E-state index contributed by atoms with van der Waals surface area (Å²) in [7, 11) is 1.89. The molecule has 0 aromatic carbocycles. The highest BCUT2D eigenvalue weighted by Crippen LogP contribution is 2.24. The molecule has 0 spiro atoms. The number of amidine groups is 1. The number of Topliss-reactive ketones (excluding diaryl/α,β-unsaturated/α-hetero) is 1. The number of nitrogens with one attached hydrogen (secondary N) is 2. The smallest absolute Gasteiger partial charge is 0.309 e. The molecule has 2 N–H and O–H groups in total. The van der Waals surface area contributed by atoms with Crippen molar-refractivity contribution in [1.82, 2.24) is 15.6 Å². The molecule has 1 saturated heterocycles. The van der Waals surface area contributed by atoms with Gasteiger partial charge >= 0.3 is 5.91 Å². The molecular formula is C18H30N4O3S. The van der Waals surface area contributed by atoms with Crippen LogP contribution < -0.4 is 10.7 Å². The minimum absolute atomic E-state index is 0.0347. The lowest BCUT2D eigenvalue weighted by atomic mass is 9.88. The van der Waals surface area contributed by atoms with Crippen molar-refractivity contribution >= 4 is 34.5 Å². The van der Waals surface area contributed by atoms with E-state index in [1.54, 1.807) is 0 Å². The summed E-state index contributed by atoms with van der Waals surface area (Å²) < 4.78 is 0. The van der Waals surface area contributed by atoms with Gasteiger partial charge in [0.1, 0.15) is 0 Å². The first-order valence-corrected chi connectivity index (χ1v) is 10.6. The van der Waals surface area contributed by atoms with Crippen LogP contribution in [0.3, 0.4) is 0 Å². The Hall–Kier alpha value is -1.57. The van der Waals surface area contributed by atoms with E-state index in [9.17, 15) is 14.4 Å². The first-order valence-electron chi connectivity index (χ1n) is 9.59. The van der Waals surface area contributed by atoms with E-state index in [4.69, 9.17) is 0 Å². The molecule has 2 fully saturated rings. The Labute approximate surface area is 159 Å². The second kappa shape index (κ2) is 10.5. The second-order valence-electron chi connectivity index (χ2n) is 7.01. The second-order valence-corrected chi connectivity index (χ2v) is 8.07. The summed E-state index contributed by atoms with van der Waals surface area (Å²) >= 11 is 1.54. The molecule has 2 aliphatic rings. The van der Waals surface area contributed by atoms with Crippen LogP contribution in [0.4, 0.5) is 0 Å². The number of thioether (sulfide) groups is 1. The number of hydrazone groups is 1. The molecule has 0 bridgehead atoms. The zero-order valence-corrected chi connectivity index (χ0v) is 16.6. The van der Waals surface area contributed by atoms with Crippen LogP contribution in [0.25, 0.3) is 0 Å². The average molecular weight is 383 g/mol. The Bertz CT molecular complexity index is 547. The van der Waals surface area contributed by atoms with Crippen LogP contribution in [0, 0.1) is 5.92 Å². The van der Waals surface area contributed by atoms with Crippen LogP contribution in [-0.4, -0.2) is 53.1 Å². The quantitative estimate of drug-likeness (QED) is 0.494. The Balaban J connectivity index is 1.93. The van der Waals surface area contributed by atoms with Crippen molar-refractivity contribution in [3.8, 4) is 0 Å². The van der Waals surface area contributed by atoms with E-state index in [1.807, 2.05) is 18.9 Å². The van der Waals surface area contributed by atoms with E-state index >= 15 is 0 Å². The van der Waals surface area contributed by atoms with Gasteiger partial charge in [-0.15, -0.1) is 5.10 Å². The molecule has 1 aliphatic heterocycles. The lowest BCUT2D eigenvalue weighted by Gasteiger charge is -2.24. The summed E-state index contributed by atoms with van der Waals surface area (Å²) in [5.41, 5.74) is 2.35. The molecule has 0 unspecified atom stereocenters. The molecule has 0 radical (unpaired) electrons. The molecule has 2 amide bonds. The van der Waals surface area contributed by atoms with Gasteiger partial charge in [0, 0.05) is 25.3 Å². The SMILES string of the molecule is CCCC[C@@H](NC(=O)C1CCCCC1)C(=O)C(=O)NN=C1SCCN1C. The third kappa shape index (κ3) is 6.00. The molecule has 1 atom stereocenters. The van der Waals surface area contributed by atoms with Crippen molar-refractivity contribution in [3.05, 3.63) is 0 Å².